The molecule has 0 saturated heterocycles. The van der Waals surface area contributed by atoms with Crippen molar-refractivity contribution in [2.24, 2.45) is 7.05 Å². The molecule has 1 aromatic carbocycles. The van der Waals surface area contributed by atoms with Crippen LogP contribution in [0.4, 0.5) is 0 Å². The van der Waals surface area contributed by atoms with E-state index in [2.05, 4.69) is 15.4 Å². The van der Waals surface area contributed by atoms with Gasteiger partial charge >= 0.3 is 0 Å². The van der Waals surface area contributed by atoms with E-state index in [1.807, 2.05) is 18.2 Å². The number of benzene rings is 1. The summed E-state index contributed by atoms with van der Waals surface area (Å²) in [6.07, 6.45) is -0.506. The van der Waals surface area contributed by atoms with Crippen molar-refractivity contribution >= 4 is 0 Å². The molecule has 17 heavy (non-hydrogen) atoms. The maximum absolute atomic E-state index is 9.44. The van der Waals surface area contributed by atoms with Crippen LogP contribution in [-0.4, -0.2) is 25.3 Å². The van der Waals surface area contributed by atoms with E-state index in [0.29, 0.717) is 11.6 Å². The van der Waals surface area contributed by atoms with Gasteiger partial charge < -0.3 is 9.84 Å². The number of aliphatic hydroxyl groups is 1. The second-order valence-electron chi connectivity index (χ2n) is 3.73. The van der Waals surface area contributed by atoms with Gasteiger partial charge in [-0.3, -0.25) is 0 Å². The first-order valence-electron chi connectivity index (χ1n) is 5.29. The highest BCUT2D eigenvalue weighted by Crippen LogP contribution is 2.19. The monoisotopic (exact) mass is 234 g/mol. The fourth-order valence-electron chi connectivity index (χ4n) is 1.39. The first-order valence-corrected chi connectivity index (χ1v) is 5.29. The molecule has 1 N–H and O–H groups in total. The summed E-state index contributed by atoms with van der Waals surface area (Å²) in [7, 11) is 1.70. The maximum atomic E-state index is 9.44. The third-order valence-electron chi connectivity index (χ3n) is 2.26. The van der Waals surface area contributed by atoms with Crippen molar-refractivity contribution in [2.75, 3.05) is 0 Å². The summed E-state index contributed by atoms with van der Waals surface area (Å²) in [5.41, 5.74) is 0.814. The van der Waals surface area contributed by atoms with Gasteiger partial charge in [0.05, 0.1) is 13.2 Å². The van der Waals surface area contributed by atoms with Crippen molar-refractivity contribution in [3.8, 4) is 5.75 Å². The molecule has 0 spiro atoms. The first kappa shape index (κ1) is 11.5. The normalized spacial score (nSPS) is 12.4. The van der Waals surface area contributed by atoms with Crippen LogP contribution in [0.1, 0.15) is 24.4 Å². The molecule has 0 aliphatic heterocycles. The van der Waals surface area contributed by atoms with Gasteiger partial charge in [0.1, 0.15) is 5.75 Å². The van der Waals surface area contributed by atoms with Crippen molar-refractivity contribution in [2.45, 2.75) is 19.6 Å². The number of aliphatic hydroxyl groups excluding tert-OH is 1. The van der Waals surface area contributed by atoms with E-state index in [1.54, 1.807) is 20.0 Å². The summed E-state index contributed by atoms with van der Waals surface area (Å²) in [6.45, 7) is 1.97. The van der Waals surface area contributed by atoms with Gasteiger partial charge in [-0.1, -0.05) is 12.1 Å². The Bertz CT molecular complexity index is 496. The van der Waals surface area contributed by atoms with E-state index < -0.39 is 6.10 Å². The number of nitrogens with zero attached hydrogens (tertiary/aromatic N) is 4. The van der Waals surface area contributed by atoms with Crippen LogP contribution in [0.5, 0.6) is 5.75 Å². The summed E-state index contributed by atoms with van der Waals surface area (Å²) in [5, 5.41) is 21.0. The SMILES string of the molecule is C[C@@H](O)c1cccc(OCc2nnn(C)n2)c1. The number of aromatic nitrogens is 4. The number of hydrogen-bond acceptors (Lipinski definition) is 5. The van der Waals surface area contributed by atoms with Crippen LogP contribution in [0.15, 0.2) is 24.3 Å². The van der Waals surface area contributed by atoms with Gasteiger partial charge in [-0.15, -0.1) is 10.2 Å². The van der Waals surface area contributed by atoms with Gasteiger partial charge in [0, 0.05) is 0 Å². The number of hydrogen-bond donors (Lipinski definition) is 1. The molecule has 0 radical (unpaired) electrons. The molecule has 2 aromatic rings. The van der Waals surface area contributed by atoms with Crippen LogP contribution in [-0.2, 0) is 13.7 Å². The minimum absolute atomic E-state index is 0.261. The lowest BCUT2D eigenvalue weighted by Crippen LogP contribution is -2.00. The van der Waals surface area contributed by atoms with E-state index in [4.69, 9.17) is 4.74 Å². The summed E-state index contributed by atoms with van der Waals surface area (Å²) in [6, 6.07) is 7.29. The molecule has 90 valence electrons. The topological polar surface area (TPSA) is 73.1 Å². The molecular formula is C11H14N4O2. The molecular weight excluding hydrogens is 220 g/mol. The molecule has 6 heteroatoms. The van der Waals surface area contributed by atoms with Crippen LogP contribution in [0.3, 0.4) is 0 Å². The molecule has 2 rings (SSSR count). The van der Waals surface area contributed by atoms with Crippen molar-refractivity contribution in [1.29, 1.82) is 0 Å². The van der Waals surface area contributed by atoms with Crippen LogP contribution in [0.25, 0.3) is 0 Å². The Hall–Kier alpha value is -1.95. The van der Waals surface area contributed by atoms with Gasteiger partial charge in [-0.05, 0) is 29.8 Å². The van der Waals surface area contributed by atoms with Gasteiger partial charge in [0.15, 0.2) is 6.61 Å². The summed E-state index contributed by atoms with van der Waals surface area (Å²) < 4.78 is 5.51. The predicted molar refractivity (Wildman–Crippen MR) is 60.2 cm³/mol. The third kappa shape index (κ3) is 3.01. The smallest absolute Gasteiger partial charge is 0.212 e. The average Bonchev–Trinajstić information content (AvgIpc) is 2.73. The molecule has 0 amide bonds. The number of rotatable bonds is 4. The minimum Gasteiger partial charge on any atom is -0.485 e. The van der Waals surface area contributed by atoms with Gasteiger partial charge in [0.25, 0.3) is 0 Å². The summed E-state index contributed by atoms with van der Waals surface area (Å²) in [5.74, 6) is 1.20. The molecule has 0 aliphatic carbocycles. The molecule has 0 saturated carbocycles. The Labute approximate surface area is 98.8 Å². The molecule has 0 aliphatic rings. The van der Waals surface area contributed by atoms with Crippen LogP contribution >= 0.6 is 0 Å². The van der Waals surface area contributed by atoms with Gasteiger partial charge in [-0.25, -0.2) is 0 Å². The van der Waals surface area contributed by atoms with Gasteiger partial charge in [-0.2, -0.15) is 4.80 Å². The second-order valence-corrected chi connectivity index (χ2v) is 3.73. The zero-order valence-corrected chi connectivity index (χ0v) is 9.74. The van der Waals surface area contributed by atoms with Crippen molar-refractivity contribution < 1.29 is 9.84 Å². The lowest BCUT2D eigenvalue weighted by molar-refractivity contribution is 0.198. The Morgan fingerprint density at radius 1 is 1.47 bits per heavy atom. The Morgan fingerprint density at radius 3 is 2.94 bits per heavy atom. The molecule has 6 nitrogen and oxygen atoms in total. The molecule has 1 aromatic heterocycles. The summed E-state index contributed by atoms with van der Waals surface area (Å²) >= 11 is 0. The van der Waals surface area contributed by atoms with Crippen LogP contribution in [0, 0.1) is 0 Å². The second kappa shape index (κ2) is 4.92. The average molecular weight is 234 g/mol. The molecule has 1 heterocycles. The van der Waals surface area contributed by atoms with E-state index in [9.17, 15) is 5.11 Å². The lowest BCUT2D eigenvalue weighted by Gasteiger charge is -2.07. The van der Waals surface area contributed by atoms with Crippen LogP contribution in [0.2, 0.25) is 0 Å². The number of aryl methyl sites for hydroxylation is 1. The van der Waals surface area contributed by atoms with Crippen molar-refractivity contribution in [1.82, 2.24) is 20.2 Å². The Balaban J connectivity index is 2.01. The molecule has 0 fully saturated rings. The molecule has 0 unspecified atom stereocenters. The predicted octanol–water partition coefficient (Wildman–Crippen LogP) is 0.842. The summed E-state index contributed by atoms with van der Waals surface area (Å²) in [4.78, 5) is 1.38. The minimum atomic E-state index is -0.506. The molecule has 1 atom stereocenters. The lowest BCUT2D eigenvalue weighted by atomic mass is 10.1. The van der Waals surface area contributed by atoms with Crippen molar-refractivity contribution in [3.63, 3.8) is 0 Å². The largest absolute Gasteiger partial charge is 0.485 e. The fraction of sp³-hybridized carbons (Fsp3) is 0.364. The van der Waals surface area contributed by atoms with Gasteiger partial charge in [0.2, 0.25) is 5.82 Å². The zero-order chi connectivity index (χ0) is 12.3. The molecule has 0 bridgehead atoms. The van der Waals surface area contributed by atoms with Crippen LogP contribution < -0.4 is 4.74 Å². The number of tetrazole rings is 1. The van der Waals surface area contributed by atoms with Crippen molar-refractivity contribution in [3.05, 3.63) is 35.7 Å². The highest BCUT2D eigenvalue weighted by atomic mass is 16.5. The fourth-order valence-corrected chi connectivity index (χ4v) is 1.39. The van der Waals surface area contributed by atoms with E-state index in [-0.39, 0.29) is 6.61 Å². The van der Waals surface area contributed by atoms with E-state index in [0.717, 1.165) is 5.56 Å². The highest BCUT2D eigenvalue weighted by molar-refractivity contribution is 5.29. The standard InChI is InChI=1S/C11H14N4O2/c1-8(16)9-4-3-5-10(6-9)17-7-11-12-14-15(2)13-11/h3-6,8,16H,7H2,1-2H3/t8-/m1/s1. The van der Waals surface area contributed by atoms with E-state index in [1.165, 1.54) is 4.80 Å². The zero-order valence-electron chi connectivity index (χ0n) is 9.74. The third-order valence-corrected chi connectivity index (χ3v) is 2.26. The Morgan fingerprint density at radius 2 is 2.29 bits per heavy atom. The quantitative estimate of drug-likeness (QED) is 0.848. The highest BCUT2D eigenvalue weighted by Gasteiger charge is 2.04. The maximum Gasteiger partial charge on any atom is 0.212 e. The number of ether oxygens (including phenoxy) is 1. The Kier molecular flexibility index (Phi) is 3.34. The van der Waals surface area contributed by atoms with E-state index >= 15 is 0 Å². The first-order chi connectivity index (χ1) is 8.15.